The number of nitrogens with one attached hydrogen (secondary N) is 2. The van der Waals surface area contributed by atoms with Gasteiger partial charge in [0.15, 0.2) is 5.11 Å². The van der Waals surface area contributed by atoms with Gasteiger partial charge in [-0.2, -0.15) is 0 Å². The average molecular weight is 278 g/mol. The molecule has 0 aromatic heterocycles. The second kappa shape index (κ2) is 6.87. The second-order valence-electron chi connectivity index (χ2n) is 5.12. The van der Waals surface area contributed by atoms with Crippen molar-refractivity contribution in [2.75, 3.05) is 18.5 Å². The minimum Gasteiger partial charge on any atom is -0.378 e. The van der Waals surface area contributed by atoms with E-state index in [-0.39, 0.29) is 0 Å². The summed E-state index contributed by atoms with van der Waals surface area (Å²) >= 11 is 5.31. The smallest absolute Gasteiger partial charge is 0.170 e. The normalized spacial score (nSPS) is 18.3. The topological polar surface area (TPSA) is 33.3 Å². The highest BCUT2D eigenvalue weighted by atomic mass is 32.1. The average Bonchev–Trinajstić information content (AvgIpc) is 2.86. The Labute approximate surface area is 120 Å². The third kappa shape index (κ3) is 4.48. The van der Waals surface area contributed by atoms with E-state index in [0.29, 0.717) is 11.2 Å². The number of thiocarbonyl (C=S) groups is 1. The van der Waals surface area contributed by atoms with Crippen LogP contribution < -0.4 is 10.6 Å². The maximum atomic E-state index is 5.58. The van der Waals surface area contributed by atoms with Crippen molar-refractivity contribution in [3.05, 3.63) is 29.3 Å². The van der Waals surface area contributed by atoms with Crippen LogP contribution in [0.3, 0.4) is 0 Å². The Bertz CT molecular complexity index is 442. The third-order valence-electron chi connectivity index (χ3n) is 3.41. The van der Waals surface area contributed by atoms with Gasteiger partial charge in [0, 0.05) is 18.8 Å². The van der Waals surface area contributed by atoms with Crippen molar-refractivity contribution in [1.29, 1.82) is 0 Å². The summed E-state index contributed by atoms with van der Waals surface area (Å²) in [6.07, 6.45) is 3.81. The van der Waals surface area contributed by atoms with Crippen molar-refractivity contribution in [1.82, 2.24) is 5.32 Å². The van der Waals surface area contributed by atoms with Crippen LogP contribution in [0, 0.1) is 13.8 Å². The summed E-state index contributed by atoms with van der Waals surface area (Å²) in [4.78, 5) is 0. The molecule has 1 aromatic carbocycles. The third-order valence-corrected chi connectivity index (χ3v) is 3.65. The molecule has 1 unspecified atom stereocenters. The number of ether oxygens (including phenoxy) is 1. The molecule has 1 heterocycles. The highest BCUT2D eigenvalue weighted by Gasteiger charge is 2.14. The SMILES string of the molecule is Cc1ccc(NC(=S)NCCC2CCCO2)c(C)c1. The quantitative estimate of drug-likeness (QED) is 0.829. The monoisotopic (exact) mass is 278 g/mol. The van der Waals surface area contributed by atoms with Gasteiger partial charge in [-0.25, -0.2) is 0 Å². The van der Waals surface area contributed by atoms with Crippen molar-refractivity contribution < 1.29 is 4.74 Å². The van der Waals surface area contributed by atoms with E-state index in [2.05, 4.69) is 42.7 Å². The van der Waals surface area contributed by atoms with Gasteiger partial charge >= 0.3 is 0 Å². The van der Waals surface area contributed by atoms with Crippen LogP contribution in [0.4, 0.5) is 5.69 Å². The predicted molar refractivity (Wildman–Crippen MR) is 83.7 cm³/mol. The lowest BCUT2D eigenvalue weighted by atomic mass is 10.1. The highest BCUT2D eigenvalue weighted by Crippen LogP contribution is 2.16. The van der Waals surface area contributed by atoms with Crippen molar-refractivity contribution >= 4 is 23.0 Å². The van der Waals surface area contributed by atoms with Gasteiger partial charge < -0.3 is 15.4 Å². The fourth-order valence-corrected chi connectivity index (χ4v) is 2.55. The molecule has 2 rings (SSSR count). The molecule has 1 aromatic rings. The Morgan fingerprint density at radius 1 is 1.42 bits per heavy atom. The molecule has 1 atom stereocenters. The number of anilines is 1. The zero-order valence-electron chi connectivity index (χ0n) is 11.7. The van der Waals surface area contributed by atoms with E-state index in [1.165, 1.54) is 24.0 Å². The maximum absolute atomic E-state index is 5.58. The van der Waals surface area contributed by atoms with Gasteiger partial charge in [0.2, 0.25) is 0 Å². The van der Waals surface area contributed by atoms with E-state index < -0.39 is 0 Å². The van der Waals surface area contributed by atoms with Gasteiger partial charge in [0.05, 0.1) is 6.10 Å². The molecular formula is C15H22N2OS. The Morgan fingerprint density at radius 3 is 2.95 bits per heavy atom. The molecule has 1 aliphatic heterocycles. The molecular weight excluding hydrogens is 256 g/mol. The Hall–Kier alpha value is -1.13. The summed E-state index contributed by atoms with van der Waals surface area (Å²) in [5.41, 5.74) is 3.55. The van der Waals surface area contributed by atoms with Crippen LogP contribution in [0.15, 0.2) is 18.2 Å². The molecule has 2 N–H and O–H groups in total. The minimum absolute atomic E-state index is 0.413. The predicted octanol–water partition coefficient (Wildman–Crippen LogP) is 3.16. The fourth-order valence-electron chi connectivity index (χ4n) is 2.34. The van der Waals surface area contributed by atoms with Crippen molar-refractivity contribution in [3.63, 3.8) is 0 Å². The molecule has 0 radical (unpaired) electrons. The van der Waals surface area contributed by atoms with Crippen LogP contribution in [0.2, 0.25) is 0 Å². The number of hydrogen-bond donors (Lipinski definition) is 2. The summed E-state index contributed by atoms with van der Waals surface area (Å²) in [7, 11) is 0. The van der Waals surface area contributed by atoms with E-state index in [1.54, 1.807) is 0 Å². The second-order valence-corrected chi connectivity index (χ2v) is 5.53. The first-order valence-corrected chi connectivity index (χ1v) is 7.29. The summed E-state index contributed by atoms with van der Waals surface area (Å²) < 4.78 is 5.58. The molecule has 1 aliphatic rings. The molecule has 4 heteroatoms. The van der Waals surface area contributed by atoms with Crippen molar-refractivity contribution in [2.24, 2.45) is 0 Å². The molecule has 0 bridgehead atoms. The van der Waals surface area contributed by atoms with Crippen LogP contribution >= 0.6 is 12.2 Å². The van der Waals surface area contributed by atoms with E-state index in [4.69, 9.17) is 17.0 Å². The lowest BCUT2D eigenvalue weighted by molar-refractivity contribution is 0.105. The number of benzene rings is 1. The van der Waals surface area contributed by atoms with Crippen LogP contribution in [0.25, 0.3) is 0 Å². The highest BCUT2D eigenvalue weighted by molar-refractivity contribution is 7.80. The van der Waals surface area contributed by atoms with Gasteiger partial charge in [0.25, 0.3) is 0 Å². The molecule has 0 spiro atoms. The van der Waals surface area contributed by atoms with Crippen molar-refractivity contribution in [3.8, 4) is 0 Å². The molecule has 104 valence electrons. The lowest BCUT2D eigenvalue weighted by Crippen LogP contribution is -2.31. The number of rotatable bonds is 4. The largest absolute Gasteiger partial charge is 0.378 e. The van der Waals surface area contributed by atoms with Crippen LogP contribution in [0.1, 0.15) is 30.4 Å². The number of hydrogen-bond acceptors (Lipinski definition) is 2. The number of aryl methyl sites for hydroxylation is 2. The molecule has 19 heavy (non-hydrogen) atoms. The van der Waals surface area contributed by atoms with Gasteiger partial charge in [-0.05, 0) is 57.0 Å². The van der Waals surface area contributed by atoms with E-state index in [9.17, 15) is 0 Å². The maximum Gasteiger partial charge on any atom is 0.170 e. The summed E-state index contributed by atoms with van der Waals surface area (Å²) in [5, 5.41) is 7.17. The van der Waals surface area contributed by atoms with Gasteiger partial charge in [-0.3, -0.25) is 0 Å². The standard InChI is InChI=1S/C15H22N2OS/c1-11-5-6-14(12(2)10-11)17-15(19)16-8-7-13-4-3-9-18-13/h5-6,10,13H,3-4,7-9H2,1-2H3,(H2,16,17,19). The Morgan fingerprint density at radius 2 is 2.26 bits per heavy atom. The first kappa shape index (κ1) is 14.3. The minimum atomic E-state index is 0.413. The Kier molecular flexibility index (Phi) is 5.16. The van der Waals surface area contributed by atoms with E-state index in [1.807, 2.05) is 0 Å². The van der Waals surface area contributed by atoms with Crippen LogP contribution in [-0.4, -0.2) is 24.4 Å². The molecule has 0 aliphatic carbocycles. The zero-order chi connectivity index (χ0) is 13.7. The first-order valence-electron chi connectivity index (χ1n) is 6.89. The Balaban J connectivity index is 1.74. The molecule has 3 nitrogen and oxygen atoms in total. The first-order chi connectivity index (χ1) is 9.15. The lowest BCUT2D eigenvalue weighted by Gasteiger charge is -2.14. The molecule has 1 fully saturated rings. The zero-order valence-corrected chi connectivity index (χ0v) is 12.5. The van der Waals surface area contributed by atoms with E-state index in [0.717, 1.165) is 25.3 Å². The van der Waals surface area contributed by atoms with Gasteiger partial charge in [-0.15, -0.1) is 0 Å². The van der Waals surface area contributed by atoms with Crippen molar-refractivity contribution in [2.45, 2.75) is 39.2 Å². The van der Waals surface area contributed by atoms with Crippen LogP contribution in [0.5, 0.6) is 0 Å². The molecule has 0 amide bonds. The van der Waals surface area contributed by atoms with Gasteiger partial charge in [0.1, 0.15) is 0 Å². The summed E-state index contributed by atoms with van der Waals surface area (Å²) in [6.45, 7) is 5.95. The van der Waals surface area contributed by atoms with Gasteiger partial charge in [-0.1, -0.05) is 17.7 Å². The summed E-state index contributed by atoms with van der Waals surface area (Å²) in [5.74, 6) is 0. The van der Waals surface area contributed by atoms with E-state index >= 15 is 0 Å². The fraction of sp³-hybridized carbons (Fsp3) is 0.533. The molecule has 1 saturated heterocycles. The van der Waals surface area contributed by atoms with Crippen LogP contribution in [-0.2, 0) is 4.74 Å². The summed E-state index contributed by atoms with van der Waals surface area (Å²) in [6, 6.07) is 6.31. The molecule has 0 saturated carbocycles.